The Hall–Kier alpha value is -2.02. The minimum absolute atomic E-state index is 0.00271. The number of benzene rings is 1. The average molecular weight is 479 g/mol. The van der Waals surface area contributed by atoms with Crippen LogP contribution in [0, 0.1) is 16.7 Å². The number of nitrogens with zero attached hydrogens (tertiary/aromatic N) is 2. The molecule has 2 atom stereocenters. The number of esters is 1. The standard InChI is InChI=1S/C26H42N2O6/c1-22(28(13-12-27)21-34-25(30)26(2,3)4)24(23-9-6-5-7-10-23)11-8-15-31-17-19-33-20-18-32-16-14-29/h5-7,9-10,22,24,29H,8,11,13-21H2,1-4H3/t22-,24-/m0/s1. The highest BCUT2D eigenvalue weighted by molar-refractivity contribution is 5.75. The molecular formula is C26H42N2O6. The molecular weight excluding hydrogens is 436 g/mol. The Morgan fingerprint density at radius 2 is 1.62 bits per heavy atom. The van der Waals surface area contributed by atoms with Gasteiger partial charge in [0, 0.05) is 12.6 Å². The third-order valence-corrected chi connectivity index (χ3v) is 5.42. The third-order valence-electron chi connectivity index (χ3n) is 5.42. The molecule has 0 unspecified atom stereocenters. The molecule has 0 spiro atoms. The van der Waals surface area contributed by atoms with Gasteiger partial charge in [-0.3, -0.25) is 9.69 Å². The lowest BCUT2D eigenvalue weighted by Crippen LogP contribution is -2.41. The molecule has 1 rings (SSSR count). The first-order chi connectivity index (χ1) is 16.3. The first-order valence-corrected chi connectivity index (χ1v) is 12.0. The van der Waals surface area contributed by atoms with Crippen molar-refractivity contribution in [3.8, 4) is 6.07 Å². The molecule has 192 valence electrons. The Morgan fingerprint density at radius 1 is 1.03 bits per heavy atom. The van der Waals surface area contributed by atoms with Gasteiger partial charge in [0.15, 0.2) is 0 Å². The minimum atomic E-state index is -0.589. The van der Waals surface area contributed by atoms with E-state index in [2.05, 4.69) is 25.1 Å². The topological polar surface area (TPSA) is 101 Å². The van der Waals surface area contributed by atoms with Gasteiger partial charge in [-0.15, -0.1) is 0 Å². The molecule has 0 saturated heterocycles. The molecule has 1 N–H and O–H groups in total. The summed E-state index contributed by atoms with van der Waals surface area (Å²) >= 11 is 0. The van der Waals surface area contributed by atoms with Crippen LogP contribution in [0.4, 0.5) is 0 Å². The molecule has 0 bridgehead atoms. The highest BCUT2D eigenvalue weighted by Gasteiger charge is 2.28. The van der Waals surface area contributed by atoms with Crippen LogP contribution in [-0.4, -0.2) is 81.5 Å². The summed E-state index contributed by atoms with van der Waals surface area (Å²) in [7, 11) is 0. The van der Waals surface area contributed by atoms with Gasteiger partial charge in [0.05, 0.1) is 57.7 Å². The second kappa shape index (κ2) is 17.4. The van der Waals surface area contributed by atoms with Gasteiger partial charge < -0.3 is 24.1 Å². The molecule has 0 fully saturated rings. The lowest BCUT2D eigenvalue weighted by Gasteiger charge is -2.34. The summed E-state index contributed by atoms with van der Waals surface area (Å²) in [6.07, 6.45) is 1.72. The molecule has 0 radical (unpaired) electrons. The predicted molar refractivity (Wildman–Crippen MR) is 130 cm³/mol. The van der Waals surface area contributed by atoms with Gasteiger partial charge in [-0.2, -0.15) is 5.26 Å². The Kier molecular flexibility index (Phi) is 15.4. The van der Waals surface area contributed by atoms with E-state index in [0.29, 0.717) is 39.6 Å². The fourth-order valence-electron chi connectivity index (χ4n) is 3.41. The summed E-state index contributed by atoms with van der Waals surface area (Å²) in [5.74, 6) is -0.124. The van der Waals surface area contributed by atoms with Crippen LogP contribution in [0.25, 0.3) is 0 Å². The fourth-order valence-corrected chi connectivity index (χ4v) is 3.41. The van der Waals surface area contributed by atoms with Crippen LogP contribution < -0.4 is 0 Å². The van der Waals surface area contributed by atoms with Gasteiger partial charge in [-0.25, -0.2) is 0 Å². The van der Waals surface area contributed by atoms with Crippen LogP contribution in [-0.2, 0) is 23.7 Å². The Labute approximate surface area is 204 Å². The van der Waals surface area contributed by atoms with Crippen LogP contribution in [0.15, 0.2) is 30.3 Å². The van der Waals surface area contributed by atoms with E-state index in [4.69, 9.17) is 24.1 Å². The van der Waals surface area contributed by atoms with Crippen LogP contribution in [0.2, 0.25) is 0 Å². The number of carbonyl (C=O) groups excluding carboxylic acids is 1. The monoisotopic (exact) mass is 478 g/mol. The molecule has 8 nitrogen and oxygen atoms in total. The molecule has 0 aliphatic rings. The molecule has 0 aromatic heterocycles. The first kappa shape index (κ1) is 30.0. The lowest BCUT2D eigenvalue weighted by atomic mass is 9.87. The number of hydrogen-bond acceptors (Lipinski definition) is 8. The number of rotatable bonds is 18. The maximum atomic E-state index is 12.2. The average Bonchev–Trinajstić information content (AvgIpc) is 2.82. The van der Waals surface area contributed by atoms with Crippen molar-refractivity contribution >= 4 is 5.97 Å². The van der Waals surface area contributed by atoms with Gasteiger partial charge >= 0.3 is 5.97 Å². The number of hydrogen-bond donors (Lipinski definition) is 1. The normalized spacial score (nSPS) is 13.4. The number of aliphatic hydroxyl groups is 1. The molecule has 0 aliphatic heterocycles. The van der Waals surface area contributed by atoms with E-state index >= 15 is 0 Å². The predicted octanol–water partition coefficient (Wildman–Crippen LogP) is 3.35. The van der Waals surface area contributed by atoms with E-state index in [1.165, 1.54) is 5.56 Å². The smallest absolute Gasteiger partial charge is 0.312 e. The first-order valence-electron chi connectivity index (χ1n) is 12.0. The summed E-state index contributed by atoms with van der Waals surface area (Å²) in [4.78, 5) is 14.2. The maximum Gasteiger partial charge on any atom is 0.312 e. The Morgan fingerprint density at radius 3 is 2.18 bits per heavy atom. The lowest BCUT2D eigenvalue weighted by molar-refractivity contribution is -0.158. The molecule has 1 aromatic carbocycles. The second-order valence-corrected chi connectivity index (χ2v) is 9.18. The minimum Gasteiger partial charge on any atom is -0.449 e. The van der Waals surface area contributed by atoms with Crippen molar-refractivity contribution in [3.63, 3.8) is 0 Å². The van der Waals surface area contributed by atoms with Gasteiger partial charge in [0.25, 0.3) is 0 Å². The van der Waals surface area contributed by atoms with Crippen molar-refractivity contribution in [2.75, 3.05) is 59.5 Å². The van der Waals surface area contributed by atoms with Crippen LogP contribution in [0.5, 0.6) is 0 Å². The quantitative estimate of drug-likeness (QED) is 0.148. The third kappa shape index (κ3) is 12.4. The van der Waals surface area contributed by atoms with Crippen molar-refractivity contribution in [1.29, 1.82) is 5.26 Å². The zero-order valence-corrected chi connectivity index (χ0v) is 21.2. The number of nitriles is 1. The van der Waals surface area contributed by atoms with Crippen molar-refractivity contribution in [1.82, 2.24) is 4.90 Å². The highest BCUT2D eigenvalue weighted by Crippen LogP contribution is 2.28. The summed E-state index contributed by atoms with van der Waals surface area (Å²) in [6.45, 7) is 10.7. The van der Waals surface area contributed by atoms with E-state index in [9.17, 15) is 10.1 Å². The van der Waals surface area contributed by atoms with E-state index in [0.717, 1.165) is 12.8 Å². The molecule has 1 aromatic rings. The summed E-state index contributed by atoms with van der Waals surface area (Å²) in [5, 5.41) is 18.0. The van der Waals surface area contributed by atoms with Gasteiger partial charge in [-0.1, -0.05) is 30.3 Å². The van der Waals surface area contributed by atoms with Gasteiger partial charge in [0.2, 0.25) is 0 Å². The highest BCUT2D eigenvalue weighted by atomic mass is 16.5. The SMILES string of the molecule is C[C@@H]([C@H](CCCOCCOCCOCCO)c1ccccc1)N(CC#N)COC(=O)C(C)(C)C. The Balaban J connectivity index is 2.57. The number of aliphatic hydroxyl groups excluding tert-OH is 1. The zero-order chi connectivity index (χ0) is 25.2. The molecule has 0 saturated carbocycles. The summed E-state index contributed by atoms with van der Waals surface area (Å²) < 4.78 is 21.8. The second-order valence-electron chi connectivity index (χ2n) is 9.18. The van der Waals surface area contributed by atoms with E-state index in [1.54, 1.807) is 0 Å². The van der Waals surface area contributed by atoms with E-state index in [1.807, 2.05) is 43.9 Å². The number of carbonyl (C=O) groups is 1. The maximum absolute atomic E-state index is 12.2. The molecule has 0 amide bonds. The molecule has 0 aliphatic carbocycles. The Bertz CT molecular complexity index is 701. The van der Waals surface area contributed by atoms with Gasteiger partial charge in [-0.05, 0) is 52.0 Å². The van der Waals surface area contributed by atoms with Crippen molar-refractivity contribution in [2.24, 2.45) is 5.41 Å². The van der Waals surface area contributed by atoms with E-state index < -0.39 is 5.41 Å². The zero-order valence-electron chi connectivity index (χ0n) is 21.2. The van der Waals surface area contributed by atoms with Crippen LogP contribution >= 0.6 is 0 Å². The number of ether oxygens (including phenoxy) is 4. The van der Waals surface area contributed by atoms with Crippen LogP contribution in [0.3, 0.4) is 0 Å². The van der Waals surface area contributed by atoms with Crippen molar-refractivity contribution in [3.05, 3.63) is 35.9 Å². The van der Waals surface area contributed by atoms with Crippen LogP contribution in [0.1, 0.15) is 52.0 Å². The van der Waals surface area contributed by atoms with E-state index in [-0.39, 0.29) is 37.8 Å². The van der Waals surface area contributed by atoms with Gasteiger partial charge in [0.1, 0.15) is 6.73 Å². The molecule has 0 heterocycles. The summed E-state index contributed by atoms with van der Waals surface area (Å²) in [6, 6.07) is 12.4. The summed E-state index contributed by atoms with van der Waals surface area (Å²) in [5.41, 5.74) is 0.597. The fraction of sp³-hybridized carbons (Fsp3) is 0.692. The van der Waals surface area contributed by atoms with Crippen molar-refractivity contribution < 1.29 is 28.8 Å². The largest absolute Gasteiger partial charge is 0.449 e. The molecule has 34 heavy (non-hydrogen) atoms. The molecule has 8 heteroatoms. The van der Waals surface area contributed by atoms with Crippen molar-refractivity contribution in [2.45, 2.75) is 52.5 Å².